The molecule has 0 bridgehead atoms. The second-order valence-electron chi connectivity index (χ2n) is 7.58. The molecule has 6 rings (SSSR count). The Morgan fingerprint density at radius 2 is 1.38 bits per heavy atom. The Morgan fingerprint density at radius 3 is 2.09 bits per heavy atom. The maximum absolute atomic E-state index is 12.8. The summed E-state index contributed by atoms with van der Waals surface area (Å²) in [6.07, 6.45) is 0. The van der Waals surface area contributed by atoms with Crippen molar-refractivity contribution in [3.05, 3.63) is 56.5 Å². The third kappa shape index (κ3) is 2.16. The van der Waals surface area contributed by atoms with E-state index in [2.05, 4.69) is 0 Å². The number of aryl methyl sites for hydroxylation is 1. The van der Waals surface area contributed by atoms with Gasteiger partial charge >= 0.3 is 5.63 Å². The lowest BCUT2D eigenvalue weighted by atomic mass is 9.98. The third-order valence-corrected chi connectivity index (χ3v) is 5.59. The molecular weight excluding hydrogens is 420 g/mol. The van der Waals surface area contributed by atoms with Gasteiger partial charge < -0.3 is 33.7 Å². The predicted octanol–water partition coefficient (Wildman–Crippen LogP) is 4.03. The van der Waals surface area contributed by atoms with Crippen LogP contribution in [0.15, 0.2) is 53.2 Å². The number of hydrogen-bond acceptors (Lipinski definition) is 9. The molecule has 4 N–H and O–H groups in total. The summed E-state index contributed by atoms with van der Waals surface area (Å²) in [6, 6.07) is 6.25. The Bertz CT molecular complexity index is 1840. The number of benzene rings is 3. The molecule has 0 amide bonds. The molecule has 0 aliphatic rings. The van der Waals surface area contributed by atoms with E-state index in [1.165, 1.54) is 24.3 Å². The first-order valence-electron chi connectivity index (χ1n) is 9.41. The van der Waals surface area contributed by atoms with E-state index in [-0.39, 0.29) is 50.2 Å². The van der Waals surface area contributed by atoms with Crippen LogP contribution in [0.25, 0.3) is 55.2 Å². The molecule has 3 heterocycles. The van der Waals surface area contributed by atoms with Crippen LogP contribution in [0.1, 0.15) is 5.56 Å². The standard InChI is InChI=1S/C23H12O9/c1-7-2-8(3-11(25)18(7)27)20-22-17-15-10(23(29)32-22)6-12(26)19(28)21(15)31-14-5-9(24)4-13(30-20)16(14)17/h2-6,25-28H,1H3. The van der Waals surface area contributed by atoms with E-state index in [4.69, 9.17) is 13.3 Å². The summed E-state index contributed by atoms with van der Waals surface area (Å²) in [5.41, 5.74) is -0.697. The summed E-state index contributed by atoms with van der Waals surface area (Å²) >= 11 is 0. The van der Waals surface area contributed by atoms with Crippen LogP contribution in [-0.4, -0.2) is 20.4 Å². The van der Waals surface area contributed by atoms with Crippen molar-refractivity contribution >= 4 is 43.9 Å². The van der Waals surface area contributed by atoms with Crippen molar-refractivity contribution < 1.29 is 33.7 Å². The van der Waals surface area contributed by atoms with E-state index in [0.717, 1.165) is 6.07 Å². The molecular formula is C23H12O9. The summed E-state index contributed by atoms with van der Waals surface area (Å²) in [7, 11) is 0. The van der Waals surface area contributed by atoms with Gasteiger partial charge in [-0.05, 0) is 30.7 Å². The van der Waals surface area contributed by atoms with Crippen LogP contribution in [0.4, 0.5) is 0 Å². The Hall–Kier alpha value is -4.66. The minimum absolute atomic E-state index is 0.0156. The minimum atomic E-state index is -0.827. The summed E-state index contributed by atoms with van der Waals surface area (Å²) < 4.78 is 17.2. The van der Waals surface area contributed by atoms with Gasteiger partial charge in [-0.25, -0.2) is 4.79 Å². The second-order valence-corrected chi connectivity index (χ2v) is 7.58. The average Bonchev–Trinajstić information content (AvgIpc) is 2.74. The van der Waals surface area contributed by atoms with Gasteiger partial charge in [0.2, 0.25) is 5.75 Å². The van der Waals surface area contributed by atoms with Crippen LogP contribution in [0.3, 0.4) is 0 Å². The zero-order chi connectivity index (χ0) is 22.5. The third-order valence-electron chi connectivity index (χ3n) is 5.59. The molecule has 0 saturated carbocycles. The lowest BCUT2D eigenvalue weighted by Crippen LogP contribution is -2.04. The van der Waals surface area contributed by atoms with Crippen LogP contribution >= 0.6 is 0 Å². The maximum atomic E-state index is 12.8. The molecule has 158 valence electrons. The average molecular weight is 432 g/mol. The molecule has 0 aliphatic heterocycles. The molecule has 0 atom stereocenters. The van der Waals surface area contributed by atoms with E-state index in [1.54, 1.807) is 6.92 Å². The van der Waals surface area contributed by atoms with E-state index in [0.29, 0.717) is 16.3 Å². The van der Waals surface area contributed by atoms with E-state index >= 15 is 0 Å². The Balaban J connectivity index is 1.96. The first kappa shape index (κ1) is 18.1. The second kappa shape index (κ2) is 5.73. The molecule has 0 unspecified atom stereocenters. The van der Waals surface area contributed by atoms with Gasteiger partial charge in [0, 0.05) is 28.5 Å². The molecule has 9 heteroatoms. The van der Waals surface area contributed by atoms with E-state index in [9.17, 15) is 30.0 Å². The van der Waals surface area contributed by atoms with Gasteiger partial charge in [0.05, 0.1) is 10.8 Å². The van der Waals surface area contributed by atoms with Crippen molar-refractivity contribution in [1.82, 2.24) is 0 Å². The van der Waals surface area contributed by atoms with Crippen LogP contribution < -0.4 is 11.1 Å². The molecule has 0 fully saturated rings. The molecule has 6 aromatic rings. The quantitative estimate of drug-likeness (QED) is 0.171. The number of aromatic hydroxyl groups is 4. The van der Waals surface area contributed by atoms with Gasteiger partial charge in [-0.1, -0.05) is 0 Å². The van der Waals surface area contributed by atoms with Crippen molar-refractivity contribution in [2.24, 2.45) is 0 Å². The topological polar surface area (TPSA) is 154 Å². The summed E-state index contributed by atoms with van der Waals surface area (Å²) in [5.74, 6) is -1.89. The van der Waals surface area contributed by atoms with Crippen molar-refractivity contribution in [2.45, 2.75) is 6.92 Å². The first-order chi connectivity index (χ1) is 15.2. The van der Waals surface area contributed by atoms with Gasteiger partial charge in [0.15, 0.2) is 39.6 Å². The van der Waals surface area contributed by atoms with Gasteiger partial charge in [-0.3, -0.25) is 4.79 Å². The minimum Gasteiger partial charge on any atom is -0.504 e. The van der Waals surface area contributed by atoms with Crippen molar-refractivity contribution in [3.63, 3.8) is 0 Å². The highest BCUT2D eigenvalue weighted by molar-refractivity contribution is 6.28. The molecule has 0 aliphatic carbocycles. The SMILES string of the molecule is Cc1cc(-c2oc3cc(=O)cc4oc5c(O)c(O)cc6c(=O)oc2c(c34)c56)cc(O)c1O. The molecule has 0 spiro atoms. The van der Waals surface area contributed by atoms with Crippen LogP contribution in [0, 0.1) is 6.92 Å². The van der Waals surface area contributed by atoms with Crippen molar-refractivity contribution in [1.29, 1.82) is 0 Å². The van der Waals surface area contributed by atoms with Gasteiger partial charge in [0.25, 0.3) is 0 Å². The lowest BCUT2D eigenvalue weighted by molar-refractivity contribution is 0.401. The number of rotatable bonds is 1. The molecule has 9 nitrogen and oxygen atoms in total. The van der Waals surface area contributed by atoms with Gasteiger partial charge in [-0.2, -0.15) is 0 Å². The number of hydrogen-bond donors (Lipinski definition) is 4. The summed E-state index contributed by atoms with van der Waals surface area (Å²) in [6.45, 7) is 1.57. The normalized spacial score (nSPS) is 12.0. The molecule has 3 aromatic carbocycles. The summed E-state index contributed by atoms with van der Waals surface area (Å²) in [4.78, 5) is 25.1. The smallest absolute Gasteiger partial charge is 0.344 e. The zero-order valence-corrected chi connectivity index (χ0v) is 16.2. The fourth-order valence-electron chi connectivity index (χ4n) is 4.18. The molecule has 0 radical (unpaired) electrons. The Morgan fingerprint density at radius 1 is 0.688 bits per heavy atom. The predicted molar refractivity (Wildman–Crippen MR) is 114 cm³/mol. The van der Waals surface area contributed by atoms with Gasteiger partial charge in [-0.15, -0.1) is 0 Å². The maximum Gasteiger partial charge on any atom is 0.344 e. The lowest BCUT2D eigenvalue weighted by Gasteiger charge is -2.15. The van der Waals surface area contributed by atoms with E-state index < -0.39 is 28.3 Å². The zero-order valence-electron chi connectivity index (χ0n) is 16.2. The molecule has 0 saturated heterocycles. The highest BCUT2D eigenvalue weighted by atomic mass is 16.4. The van der Waals surface area contributed by atoms with E-state index in [1.807, 2.05) is 0 Å². The molecule has 3 aromatic heterocycles. The number of phenolic OH excluding ortho intramolecular Hbond substituents is 4. The Kier molecular flexibility index (Phi) is 3.25. The highest BCUT2D eigenvalue weighted by Crippen LogP contribution is 2.47. The fourth-order valence-corrected chi connectivity index (χ4v) is 4.18. The largest absolute Gasteiger partial charge is 0.504 e. The van der Waals surface area contributed by atoms with Crippen molar-refractivity contribution in [2.75, 3.05) is 0 Å². The van der Waals surface area contributed by atoms with Crippen LogP contribution in [0.5, 0.6) is 23.0 Å². The van der Waals surface area contributed by atoms with Crippen LogP contribution in [0.2, 0.25) is 0 Å². The number of phenols is 4. The first-order valence-corrected chi connectivity index (χ1v) is 9.41. The van der Waals surface area contributed by atoms with Crippen molar-refractivity contribution in [3.8, 4) is 34.3 Å². The fraction of sp³-hybridized carbons (Fsp3) is 0.0435. The Labute approximate surface area is 175 Å². The van der Waals surface area contributed by atoms with Crippen LogP contribution in [-0.2, 0) is 0 Å². The monoisotopic (exact) mass is 432 g/mol. The summed E-state index contributed by atoms with van der Waals surface area (Å²) in [5, 5.41) is 41.3. The molecule has 32 heavy (non-hydrogen) atoms. The highest BCUT2D eigenvalue weighted by Gasteiger charge is 2.27. The van der Waals surface area contributed by atoms with Gasteiger partial charge in [0.1, 0.15) is 11.2 Å².